The van der Waals surface area contributed by atoms with Crippen LogP contribution in [0.3, 0.4) is 0 Å². The lowest BCUT2D eigenvalue weighted by molar-refractivity contribution is -0.153. The minimum atomic E-state index is -0.849. The van der Waals surface area contributed by atoms with E-state index in [1.54, 1.807) is 55.5 Å². The second-order valence-corrected chi connectivity index (χ2v) is 6.50. The summed E-state index contributed by atoms with van der Waals surface area (Å²) >= 11 is 1.21. The average Bonchev–Trinajstić information content (AvgIpc) is 2.66. The molecule has 3 N–H and O–H groups in total. The van der Waals surface area contributed by atoms with Crippen molar-refractivity contribution in [2.45, 2.75) is 17.9 Å². The lowest BCUT2D eigenvalue weighted by atomic mass is 10.3. The maximum absolute atomic E-state index is 12.1. The van der Waals surface area contributed by atoms with E-state index in [4.69, 9.17) is 15.2 Å². The number of nitrogens with one attached hydrogen (secondary N) is 1. The van der Waals surface area contributed by atoms with Crippen molar-refractivity contribution >= 4 is 35.2 Å². The Balaban J connectivity index is 1.83. The van der Waals surface area contributed by atoms with E-state index in [0.717, 1.165) is 0 Å². The zero-order valence-electron chi connectivity index (χ0n) is 14.7. The van der Waals surface area contributed by atoms with Crippen LogP contribution in [0.25, 0.3) is 0 Å². The molecule has 0 bridgehead atoms. The summed E-state index contributed by atoms with van der Waals surface area (Å²) in [6, 6.07) is 15.8. The predicted octanol–water partition coefficient (Wildman–Crippen LogP) is 2.21. The Morgan fingerprint density at radius 2 is 1.74 bits per heavy atom. The van der Waals surface area contributed by atoms with E-state index in [0.29, 0.717) is 16.3 Å². The summed E-state index contributed by atoms with van der Waals surface area (Å²) in [6.07, 6.45) is -0.849. The Morgan fingerprint density at radius 3 is 2.44 bits per heavy atom. The molecule has 2 aromatic carbocycles. The monoisotopic (exact) mass is 388 g/mol. The molecule has 142 valence electrons. The Kier molecular flexibility index (Phi) is 7.69. The molecule has 0 aliphatic carbocycles. The number of esters is 1. The molecule has 0 saturated heterocycles. The largest absolute Gasteiger partial charge is 0.479 e. The quantitative estimate of drug-likeness (QED) is 0.504. The number of ether oxygens (including phenoxy) is 2. The number of para-hydroxylation sites is 2. The van der Waals surface area contributed by atoms with E-state index in [-0.39, 0.29) is 5.75 Å². The lowest BCUT2D eigenvalue weighted by Gasteiger charge is -2.14. The topological polar surface area (TPSA) is 108 Å². The van der Waals surface area contributed by atoms with E-state index >= 15 is 0 Å². The van der Waals surface area contributed by atoms with Crippen LogP contribution in [-0.2, 0) is 19.1 Å². The van der Waals surface area contributed by atoms with Gasteiger partial charge in [-0.1, -0.05) is 30.3 Å². The number of rotatable bonds is 9. The van der Waals surface area contributed by atoms with Gasteiger partial charge in [-0.2, -0.15) is 0 Å². The Hall–Kier alpha value is -3.00. The lowest BCUT2D eigenvalue weighted by Crippen LogP contribution is -2.29. The number of thioether (sulfide) groups is 1. The van der Waals surface area contributed by atoms with Crippen LogP contribution in [0.5, 0.6) is 5.75 Å². The molecule has 0 aliphatic heterocycles. The average molecular weight is 388 g/mol. The second-order valence-electron chi connectivity index (χ2n) is 5.48. The normalized spacial score (nSPS) is 11.3. The zero-order chi connectivity index (χ0) is 19.6. The van der Waals surface area contributed by atoms with Gasteiger partial charge in [-0.15, -0.1) is 11.8 Å². The van der Waals surface area contributed by atoms with Crippen molar-refractivity contribution in [3.63, 3.8) is 0 Å². The highest BCUT2D eigenvalue weighted by atomic mass is 32.2. The van der Waals surface area contributed by atoms with Gasteiger partial charge in [0.1, 0.15) is 5.75 Å². The fourth-order valence-electron chi connectivity index (χ4n) is 2.04. The molecule has 0 aromatic heterocycles. The van der Waals surface area contributed by atoms with Crippen molar-refractivity contribution < 1.29 is 23.9 Å². The SMILES string of the molecule is C[C@H](Oc1ccccc1)C(=O)OCC(=O)Nc1ccccc1SCC(N)=O. The minimum absolute atomic E-state index is 0.0935. The maximum atomic E-state index is 12.1. The van der Waals surface area contributed by atoms with E-state index < -0.39 is 30.5 Å². The van der Waals surface area contributed by atoms with Crippen LogP contribution in [0.4, 0.5) is 5.69 Å². The molecule has 2 amide bonds. The van der Waals surface area contributed by atoms with Crippen LogP contribution in [0, 0.1) is 0 Å². The highest BCUT2D eigenvalue weighted by Gasteiger charge is 2.18. The van der Waals surface area contributed by atoms with Crippen LogP contribution in [-0.4, -0.2) is 36.2 Å². The van der Waals surface area contributed by atoms with Gasteiger partial charge in [0, 0.05) is 4.90 Å². The summed E-state index contributed by atoms with van der Waals surface area (Å²) in [5.41, 5.74) is 5.65. The molecule has 0 fully saturated rings. The van der Waals surface area contributed by atoms with Gasteiger partial charge in [0.15, 0.2) is 12.7 Å². The van der Waals surface area contributed by atoms with Gasteiger partial charge in [-0.25, -0.2) is 4.79 Å². The summed E-state index contributed by atoms with van der Waals surface area (Å²) in [5.74, 6) is -0.974. The molecular formula is C19H20N2O5S. The van der Waals surface area contributed by atoms with Crippen LogP contribution in [0.15, 0.2) is 59.5 Å². The van der Waals surface area contributed by atoms with Crippen LogP contribution in [0.2, 0.25) is 0 Å². The number of carbonyl (C=O) groups excluding carboxylic acids is 3. The molecule has 0 radical (unpaired) electrons. The van der Waals surface area contributed by atoms with Gasteiger partial charge in [-0.3, -0.25) is 9.59 Å². The molecule has 0 spiro atoms. The highest BCUT2D eigenvalue weighted by Crippen LogP contribution is 2.26. The Morgan fingerprint density at radius 1 is 1.07 bits per heavy atom. The third kappa shape index (κ3) is 7.02. The highest BCUT2D eigenvalue weighted by molar-refractivity contribution is 8.00. The van der Waals surface area contributed by atoms with Gasteiger partial charge >= 0.3 is 5.97 Å². The Labute approximate surface area is 161 Å². The molecule has 0 unspecified atom stereocenters. The van der Waals surface area contributed by atoms with E-state index in [9.17, 15) is 14.4 Å². The number of anilines is 1. The molecule has 2 rings (SSSR count). The van der Waals surface area contributed by atoms with Crippen molar-refractivity contribution in [3.05, 3.63) is 54.6 Å². The molecule has 1 atom stereocenters. The van der Waals surface area contributed by atoms with Gasteiger partial charge in [-0.05, 0) is 31.2 Å². The fraction of sp³-hybridized carbons (Fsp3) is 0.211. The standard InChI is InChI=1S/C19H20N2O5S/c1-13(26-14-7-3-2-4-8-14)19(24)25-11-18(23)21-15-9-5-6-10-16(15)27-12-17(20)22/h2-10,13H,11-12H2,1H3,(H2,20,22)(H,21,23)/t13-/m0/s1. The van der Waals surface area contributed by atoms with Crippen molar-refractivity contribution in [1.29, 1.82) is 0 Å². The van der Waals surface area contributed by atoms with Crippen molar-refractivity contribution in [2.24, 2.45) is 5.73 Å². The van der Waals surface area contributed by atoms with Crippen molar-refractivity contribution in [1.82, 2.24) is 0 Å². The first-order chi connectivity index (χ1) is 13.0. The molecular weight excluding hydrogens is 368 g/mol. The van der Waals surface area contributed by atoms with Crippen molar-refractivity contribution in [3.8, 4) is 5.75 Å². The van der Waals surface area contributed by atoms with Crippen LogP contribution < -0.4 is 15.8 Å². The number of benzene rings is 2. The zero-order valence-corrected chi connectivity index (χ0v) is 15.5. The van der Waals surface area contributed by atoms with E-state index in [1.165, 1.54) is 11.8 Å². The molecule has 0 heterocycles. The summed E-state index contributed by atoms with van der Waals surface area (Å²) in [4.78, 5) is 35.6. The summed E-state index contributed by atoms with van der Waals surface area (Å²) in [6.45, 7) is 1.10. The van der Waals surface area contributed by atoms with Crippen molar-refractivity contribution in [2.75, 3.05) is 17.7 Å². The molecule has 2 aromatic rings. The molecule has 8 heteroatoms. The third-order valence-electron chi connectivity index (χ3n) is 3.26. The first-order valence-corrected chi connectivity index (χ1v) is 9.12. The number of hydrogen-bond donors (Lipinski definition) is 2. The van der Waals surface area contributed by atoms with Crippen LogP contribution >= 0.6 is 11.8 Å². The third-order valence-corrected chi connectivity index (χ3v) is 4.36. The minimum Gasteiger partial charge on any atom is -0.479 e. The predicted molar refractivity (Wildman–Crippen MR) is 102 cm³/mol. The molecule has 0 saturated carbocycles. The second kappa shape index (κ2) is 10.2. The number of amides is 2. The smallest absolute Gasteiger partial charge is 0.347 e. The maximum Gasteiger partial charge on any atom is 0.347 e. The first kappa shape index (κ1) is 20.3. The fourth-order valence-corrected chi connectivity index (χ4v) is 2.78. The number of primary amides is 1. The number of carbonyl (C=O) groups is 3. The van der Waals surface area contributed by atoms with Crippen LogP contribution in [0.1, 0.15) is 6.92 Å². The van der Waals surface area contributed by atoms with E-state index in [1.807, 2.05) is 6.07 Å². The summed E-state index contributed by atoms with van der Waals surface area (Å²) in [7, 11) is 0. The van der Waals surface area contributed by atoms with Gasteiger partial charge in [0.05, 0.1) is 11.4 Å². The van der Waals surface area contributed by atoms with Gasteiger partial charge < -0.3 is 20.5 Å². The summed E-state index contributed by atoms with van der Waals surface area (Å²) < 4.78 is 10.4. The molecule has 0 aliphatic rings. The van der Waals surface area contributed by atoms with Gasteiger partial charge in [0.2, 0.25) is 5.91 Å². The van der Waals surface area contributed by atoms with Gasteiger partial charge in [0.25, 0.3) is 5.91 Å². The molecule has 7 nitrogen and oxygen atoms in total. The first-order valence-electron chi connectivity index (χ1n) is 8.14. The number of nitrogens with two attached hydrogens (primary N) is 1. The summed E-state index contributed by atoms with van der Waals surface area (Å²) in [5, 5.41) is 2.65. The molecule has 27 heavy (non-hydrogen) atoms. The Bertz CT molecular complexity index is 798. The number of hydrogen-bond acceptors (Lipinski definition) is 6. The van der Waals surface area contributed by atoms with E-state index in [2.05, 4.69) is 5.32 Å².